The number of benzene rings is 1. The Labute approximate surface area is 194 Å². The fourth-order valence-corrected chi connectivity index (χ4v) is 6.12. The van der Waals surface area contributed by atoms with E-state index >= 15 is 0 Å². The molecule has 170 valence electrons. The van der Waals surface area contributed by atoms with Crippen LogP contribution < -0.4 is 10.2 Å². The molecule has 0 bridgehead atoms. The highest BCUT2D eigenvalue weighted by molar-refractivity contribution is 7.09. The summed E-state index contributed by atoms with van der Waals surface area (Å²) in [6.07, 6.45) is 3.87. The van der Waals surface area contributed by atoms with Gasteiger partial charge in [0.25, 0.3) is 0 Å². The van der Waals surface area contributed by atoms with Gasteiger partial charge in [0.2, 0.25) is 11.8 Å². The summed E-state index contributed by atoms with van der Waals surface area (Å²) in [5, 5.41) is 5.28. The molecule has 1 N–H and O–H groups in total. The van der Waals surface area contributed by atoms with Gasteiger partial charge in [-0.15, -0.1) is 11.3 Å². The molecule has 0 spiro atoms. The van der Waals surface area contributed by atoms with Crippen molar-refractivity contribution in [1.29, 1.82) is 0 Å². The Morgan fingerprint density at radius 3 is 2.69 bits per heavy atom. The lowest BCUT2D eigenvalue weighted by molar-refractivity contribution is -0.131. The van der Waals surface area contributed by atoms with Crippen molar-refractivity contribution in [2.24, 2.45) is 5.92 Å². The van der Waals surface area contributed by atoms with Gasteiger partial charge in [0.1, 0.15) is 0 Å². The van der Waals surface area contributed by atoms with Gasteiger partial charge in [-0.05, 0) is 48.8 Å². The van der Waals surface area contributed by atoms with E-state index in [9.17, 15) is 9.59 Å². The lowest BCUT2D eigenvalue weighted by Gasteiger charge is -2.49. The van der Waals surface area contributed by atoms with E-state index in [1.54, 1.807) is 11.3 Å². The number of thiophene rings is 1. The number of hydrogen-bond donors (Lipinski definition) is 1. The Kier molecular flexibility index (Phi) is 6.46. The van der Waals surface area contributed by atoms with E-state index in [-0.39, 0.29) is 23.8 Å². The Hall–Kier alpha value is -2.38. The van der Waals surface area contributed by atoms with Crippen LogP contribution in [0.1, 0.15) is 23.3 Å². The summed E-state index contributed by atoms with van der Waals surface area (Å²) < 4.78 is 0. The maximum atomic E-state index is 13.3. The van der Waals surface area contributed by atoms with Crippen molar-refractivity contribution in [3.63, 3.8) is 0 Å². The van der Waals surface area contributed by atoms with Crippen LogP contribution in [-0.4, -0.2) is 73.5 Å². The number of piperazine rings is 1. The van der Waals surface area contributed by atoms with Crippen molar-refractivity contribution in [2.75, 3.05) is 50.7 Å². The summed E-state index contributed by atoms with van der Waals surface area (Å²) in [5.74, 6) is 0.279. The van der Waals surface area contributed by atoms with E-state index in [4.69, 9.17) is 0 Å². The molecule has 2 saturated heterocycles. The van der Waals surface area contributed by atoms with Crippen molar-refractivity contribution in [2.45, 2.75) is 31.7 Å². The number of rotatable bonds is 6. The van der Waals surface area contributed by atoms with E-state index < -0.39 is 0 Å². The number of anilines is 1. The zero-order chi connectivity index (χ0) is 21.9. The van der Waals surface area contributed by atoms with Gasteiger partial charge in [0, 0.05) is 49.8 Å². The van der Waals surface area contributed by atoms with Gasteiger partial charge in [0.05, 0.1) is 18.5 Å². The molecule has 0 radical (unpaired) electrons. The number of likely N-dealkylation sites (tertiary alicyclic amines) is 1. The number of fused-ring (bicyclic) bond motifs is 3. The standard InChI is InChI=1S/C25H32N4O2S/c30-24(28-11-3-4-12-28)18-27-13-14-29-22-8-2-1-6-19(22)16-21(23(29)17-27)25(31)26-10-9-20-7-5-15-32-20/h1-2,5-8,15,21,23H,3-4,9-14,16-18H2,(H,26,31). The molecule has 4 heterocycles. The third-order valence-electron chi connectivity index (χ3n) is 7.11. The minimum absolute atomic E-state index is 0.0991. The third kappa shape index (κ3) is 4.55. The van der Waals surface area contributed by atoms with E-state index in [0.717, 1.165) is 58.4 Å². The Morgan fingerprint density at radius 1 is 1.03 bits per heavy atom. The van der Waals surface area contributed by atoms with Crippen LogP contribution in [0.5, 0.6) is 0 Å². The average Bonchev–Trinajstić information content (AvgIpc) is 3.53. The molecule has 0 aliphatic carbocycles. The first-order valence-electron chi connectivity index (χ1n) is 11.8. The average molecular weight is 453 g/mol. The minimum atomic E-state index is -0.0991. The van der Waals surface area contributed by atoms with Crippen molar-refractivity contribution >= 4 is 28.8 Å². The summed E-state index contributed by atoms with van der Waals surface area (Å²) in [6.45, 7) is 5.40. The lowest BCUT2D eigenvalue weighted by Crippen LogP contribution is -2.62. The number of amides is 2. The number of nitrogens with one attached hydrogen (secondary N) is 1. The Balaban J connectivity index is 1.28. The van der Waals surface area contributed by atoms with Gasteiger partial charge < -0.3 is 15.1 Å². The quantitative estimate of drug-likeness (QED) is 0.731. The molecule has 2 atom stereocenters. The second kappa shape index (κ2) is 9.63. The third-order valence-corrected chi connectivity index (χ3v) is 8.05. The number of carbonyl (C=O) groups is 2. The normalized spacial score (nSPS) is 23.0. The van der Waals surface area contributed by atoms with Crippen LogP contribution in [0.3, 0.4) is 0 Å². The smallest absolute Gasteiger partial charge is 0.236 e. The molecule has 1 aromatic heterocycles. The predicted octanol–water partition coefficient (Wildman–Crippen LogP) is 2.39. The maximum absolute atomic E-state index is 13.3. The Bertz CT molecular complexity index is 941. The Morgan fingerprint density at radius 2 is 1.88 bits per heavy atom. The van der Waals surface area contributed by atoms with Gasteiger partial charge in [-0.1, -0.05) is 24.3 Å². The second-order valence-electron chi connectivity index (χ2n) is 9.14. The largest absolute Gasteiger partial charge is 0.365 e. The van der Waals surface area contributed by atoms with Gasteiger partial charge in [-0.3, -0.25) is 14.5 Å². The van der Waals surface area contributed by atoms with Crippen LogP contribution in [0.25, 0.3) is 0 Å². The molecule has 2 amide bonds. The minimum Gasteiger partial charge on any atom is -0.365 e. The van der Waals surface area contributed by atoms with Crippen LogP contribution in [0.2, 0.25) is 0 Å². The SMILES string of the molecule is O=C(NCCc1cccs1)C1Cc2ccccc2N2CCN(CC(=O)N3CCCC3)CC12. The zero-order valence-electron chi connectivity index (χ0n) is 18.5. The fraction of sp³-hybridized carbons (Fsp3) is 0.520. The molecule has 0 saturated carbocycles. The molecule has 6 nitrogen and oxygen atoms in total. The molecular weight excluding hydrogens is 420 g/mol. The van der Waals surface area contributed by atoms with E-state index in [1.165, 1.54) is 16.1 Å². The molecule has 2 fully saturated rings. The van der Waals surface area contributed by atoms with Crippen LogP contribution in [0.4, 0.5) is 5.69 Å². The van der Waals surface area contributed by atoms with Gasteiger partial charge in [0.15, 0.2) is 0 Å². The summed E-state index contributed by atoms with van der Waals surface area (Å²) in [5.41, 5.74) is 2.51. The van der Waals surface area contributed by atoms with Crippen molar-refractivity contribution in [1.82, 2.24) is 15.1 Å². The van der Waals surface area contributed by atoms with Crippen LogP contribution in [0.15, 0.2) is 41.8 Å². The second-order valence-corrected chi connectivity index (χ2v) is 10.2. The van der Waals surface area contributed by atoms with Crippen LogP contribution in [0, 0.1) is 5.92 Å². The molecule has 3 aliphatic rings. The molecule has 2 aromatic rings. The van der Waals surface area contributed by atoms with Crippen molar-refractivity contribution < 1.29 is 9.59 Å². The summed E-state index contributed by atoms with van der Waals surface area (Å²) in [4.78, 5) is 34.0. The number of nitrogens with zero attached hydrogens (tertiary/aromatic N) is 3. The van der Waals surface area contributed by atoms with Gasteiger partial charge in [-0.2, -0.15) is 0 Å². The maximum Gasteiger partial charge on any atom is 0.236 e. The molecular formula is C25H32N4O2S. The van der Waals surface area contributed by atoms with E-state index in [1.807, 2.05) is 4.90 Å². The van der Waals surface area contributed by atoms with Crippen molar-refractivity contribution in [3.8, 4) is 0 Å². The van der Waals surface area contributed by atoms with Gasteiger partial charge in [-0.25, -0.2) is 0 Å². The van der Waals surface area contributed by atoms with Crippen molar-refractivity contribution in [3.05, 3.63) is 52.2 Å². The number of hydrogen-bond acceptors (Lipinski definition) is 5. The molecule has 1 aromatic carbocycles. The molecule has 3 aliphatic heterocycles. The zero-order valence-corrected chi connectivity index (χ0v) is 19.4. The van der Waals surface area contributed by atoms with E-state index in [2.05, 4.69) is 56.9 Å². The first-order valence-corrected chi connectivity index (χ1v) is 12.7. The highest BCUT2D eigenvalue weighted by Crippen LogP contribution is 2.36. The first kappa shape index (κ1) is 21.5. The predicted molar refractivity (Wildman–Crippen MR) is 128 cm³/mol. The highest BCUT2D eigenvalue weighted by Gasteiger charge is 2.41. The number of para-hydroxylation sites is 1. The van der Waals surface area contributed by atoms with E-state index in [0.29, 0.717) is 13.1 Å². The highest BCUT2D eigenvalue weighted by atomic mass is 32.1. The molecule has 2 unspecified atom stereocenters. The topological polar surface area (TPSA) is 55.9 Å². The number of carbonyl (C=O) groups excluding carboxylic acids is 2. The van der Waals surface area contributed by atoms with Gasteiger partial charge >= 0.3 is 0 Å². The monoisotopic (exact) mass is 452 g/mol. The first-order chi connectivity index (χ1) is 15.7. The van der Waals surface area contributed by atoms with Crippen LogP contribution >= 0.6 is 11.3 Å². The fourth-order valence-electron chi connectivity index (χ4n) is 5.41. The molecule has 7 heteroatoms. The van der Waals surface area contributed by atoms with Crippen LogP contribution in [-0.2, 0) is 22.4 Å². The summed E-state index contributed by atoms with van der Waals surface area (Å²) >= 11 is 1.73. The molecule has 5 rings (SSSR count). The lowest BCUT2D eigenvalue weighted by atomic mass is 9.83. The summed E-state index contributed by atoms with van der Waals surface area (Å²) in [7, 11) is 0. The summed E-state index contributed by atoms with van der Waals surface area (Å²) in [6, 6.07) is 12.8. The molecule has 32 heavy (non-hydrogen) atoms.